The summed E-state index contributed by atoms with van der Waals surface area (Å²) in [6.45, 7) is 0.424. The summed E-state index contributed by atoms with van der Waals surface area (Å²) < 4.78 is 13.7. The molecule has 2 aromatic rings. The van der Waals surface area contributed by atoms with Crippen molar-refractivity contribution in [2.24, 2.45) is 0 Å². The number of carbonyl (C=O) groups excluding carboxylic acids is 1. The molecule has 3 N–H and O–H groups in total. The molecular formula is C16H14FN3O2S. The molecule has 0 bridgehead atoms. The van der Waals surface area contributed by atoms with Crippen molar-refractivity contribution in [1.82, 2.24) is 4.90 Å². The molecule has 1 amide bonds. The lowest BCUT2D eigenvalue weighted by Gasteiger charge is -2.27. The van der Waals surface area contributed by atoms with Crippen molar-refractivity contribution in [2.45, 2.75) is 19.6 Å². The van der Waals surface area contributed by atoms with E-state index in [0.717, 1.165) is 16.5 Å². The van der Waals surface area contributed by atoms with Crippen LogP contribution in [0.2, 0.25) is 0 Å². The lowest BCUT2D eigenvalue weighted by Crippen LogP contribution is -2.35. The molecule has 0 saturated carbocycles. The number of nitrogens with zero attached hydrogens (tertiary/aromatic N) is 2. The summed E-state index contributed by atoms with van der Waals surface area (Å²) in [5.74, 6) is -0.868. The highest BCUT2D eigenvalue weighted by molar-refractivity contribution is 7.16. The lowest BCUT2D eigenvalue weighted by atomic mass is 10.0. The predicted molar refractivity (Wildman–Crippen MR) is 84.2 cm³/mol. The van der Waals surface area contributed by atoms with E-state index in [0.29, 0.717) is 30.1 Å². The van der Waals surface area contributed by atoms with Crippen LogP contribution in [0.3, 0.4) is 0 Å². The molecule has 7 heteroatoms. The summed E-state index contributed by atoms with van der Waals surface area (Å²) in [6, 6.07) is 6.18. The number of fused-ring (bicyclic) bond motifs is 1. The smallest absolute Gasteiger partial charge is 0.254 e. The number of carbonyl (C=O) groups is 1. The molecular weight excluding hydrogens is 317 g/mol. The summed E-state index contributed by atoms with van der Waals surface area (Å²) in [5, 5.41) is 18.6. The van der Waals surface area contributed by atoms with Crippen LogP contribution in [0, 0.1) is 17.1 Å². The van der Waals surface area contributed by atoms with E-state index in [1.54, 1.807) is 4.90 Å². The first-order chi connectivity index (χ1) is 11.0. The molecule has 23 heavy (non-hydrogen) atoms. The molecule has 1 aliphatic heterocycles. The number of hydrogen-bond donors (Lipinski definition) is 2. The second-order valence-electron chi connectivity index (χ2n) is 5.30. The Morgan fingerprint density at radius 3 is 2.96 bits per heavy atom. The first-order valence-electron chi connectivity index (χ1n) is 7.03. The number of rotatable bonds is 2. The third-order valence-corrected chi connectivity index (χ3v) is 5.00. The monoisotopic (exact) mass is 331 g/mol. The minimum absolute atomic E-state index is 0.159. The predicted octanol–water partition coefficient (Wildman–Crippen LogP) is 2.03. The van der Waals surface area contributed by atoms with Gasteiger partial charge in [0, 0.05) is 22.5 Å². The molecule has 1 aliphatic rings. The van der Waals surface area contributed by atoms with Gasteiger partial charge in [-0.05, 0) is 24.1 Å². The molecule has 0 radical (unpaired) electrons. The van der Waals surface area contributed by atoms with Crippen LogP contribution in [0.15, 0.2) is 18.2 Å². The van der Waals surface area contributed by atoms with Crippen LogP contribution in [-0.4, -0.2) is 22.5 Å². The van der Waals surface area contributed by atoms with Gasteiger partial charge in [-0.3, -0.25) is 4.79 Å². The first kappa shape index (κ1) is 15.5. The summed E-state index contributed by atoms with van der Waals surface area (Å²) in [5.41, 5.74) is 7.67. The number of nitriles is 1. The quantitative estimate of drug-likeness (QED) is 0.881. The van der Waals surface area contributed by atoms with E-state index >= 15 is 0 Å². The van der Waals surface area contributed by atoms with E-state index < -0.39 is 12.4 Å². The number of hydrogen-bond acceptors (Lipinski definition) is 5. The molecule has 0 spiro atoms. The van der Waals surface area contributed by atoms with E-state index in [9.17, 15) is 9.18 Å². The zero-order valence-corrected chi connectivity index (χ0v) is 13.0. The molecule has 5 nitrogen and oxygen atoms in total. The molecule has 118 valence electrons. The second kappa shape index (κ2) is 5.99. The molecule has 0 atom stereocenters. The number of aliphatic hydroxyl groups is 1. The Hall–Kier alpha value is -2.43. The van der Waals surface area contributed by atoms with Crippen molar-refractivity contribution < 1.29 is 14.3 Å². The third-order valence-electron chi connectivity index (χ3n) is 3.95. The van der Waals surface area contributed by atoms with Crippen molar-refractivity contribution >= 4 is 22.2 Å². The van der Waals surface area contributed by atoms with Crippen LogP contribution in [0.5, 0.6) is 0 Å². The van der Waals surface area contributed by atoms with Gasteiger partial charge in [0.15, 0.2) is 0 Å². The summed E-state index contributed by atoms with van der Waals surface area (Å²) in [4.78, 5) is 15.1. The van der Waals surface area contributed by atoms with Gasteiger partial charge < -0.3 is 15.7 Å². The summed E-state index contributed by atoms with van der Waals surface area (Å²) in [6.07, 6.45) is 0.564. The summed E-state index contributed by atoms with van der Waals surface area (Å²) >= 11 is 1.32. The SMILES string of the molecule is N#Cc1c(N)sc2c1CCN(C(=O)c1ccc(CO)c(F)c1)C2. The maximum Gasteiger partial charge on any atom is 0.254 e. The lowest BCUT2D eigenvalue weighted by molar-refractivity contribution is 0.0736. The molecule has 3 rings (SSSR count). The van der Waals surface area contributed by atoms with Crippen LogP contribution in [0.25, 0.3) is 0 Å². The fourth-order valence-electron chi connectivity index (χ4n) is 2.71. The van der Waals surface area contributed by atoms with Gasteiger partial charge in [-0.2, -0.15) is 5.26 Å². The van der Waals surface area contributed by atoms with Gasteiger partial charge in [0.1, 0.15) is 16.9 Å². The number of benzene rings is 1. The standard InChI is InChI=1S/C16H14FN3O2S/c17-13-5-9(1-2-10(13)8-21)16(22)20-4-3-11-12(6-18)15(19)23-14(11)7-20/h1-2,5,21H,3-4,7-8,19H2. The molecule has 0 saturated heterocycles. The number of anilines is 1. The number of amides is 1. The van der Waals surface area contributed by atoms with Crippen molar-refractivity contribution in [3.8, 4) is 6.07 Å². The largest absolute Gasteiger partial charge is 0.392 e. The van der Waals surface area contributed by atoms with Gasteiger partial charge >= 0.3 is 0 Å². The first-order valence-corrected chi connectivity index (χ1v) is 7.85. The van der Waals surface area contributed by atoms with Crippen molar-refractivity contribution in [1.29, 1.82) is 5.26 Å². The zero-order valence-electron chi connectivity index (χ0n) is 12.2. The topological polar surface area (TPSA) is 90.4 Å². The van der Waals surface area contributed by atoms with Crippen molar-refractivity contribution in [3.63, 3.8) is 0 Å². The molecule has 2 heterocycles. The Morgan fingerprint density at radius 2 is 2.30 bits per heavy atom. The van der Waals surface area contributed by atoms with E-state index in [4.69, 9.17) is 16.1 Å². The second-order valence-corrected chi connectivity index (χ2v) is 6.43. The summed E-state index contributed by atoms with van der Waals surface area (Å²) in [7, 11) is 0. The number of nitrogens with two attached hydrogens (primary N) is 1. The Morgan fingerprint density at radius 1 is 1.52 bits per heavy atom. The van der Waals surface area contributed by atoms with Crippen LogP contribution in [0.1, 0.15) is 31.9 Å². The Kier molecular flexibility index (Phi) is 4.03. The Balaban J connectivity index is 1.85. The van der Waals surface area contributed by atoms with Crippen LogP contribution in [0.4, 0.5) is 9.39 Å². The van der Waals surface area contributed by atoms with Gasteiger partial charge in [-0.15, -0.1) is 11.3 Å². The Bertz CT molecular complexity index is 825. The number of halogens is 1. The molecule has 0 fully saturated rings. The van der Waals surface area contributed by atoms with E-state index in [1.165, 1.54) is 23.5 Å². The van der Waals surface area contributed by atoms with Gasteiger partial charge in [0.2, 0.25) is 0 Å². The molecule has 0 unspecified atom stereocenters. The van der Waals surface area contributed by atoms with E-state index in [1.807, 2.05) is 0 Å². The maximum atomic E-state index is 13.7. The van der Waals surface area contributed by atoms with E-state index in [2.05, 4.69) is 6.07 Å². The minimum atomic E-state index is -0.594. The van der Waals surface area contributed by atoms with Gasteiger partial charge in [0.05, 0.1) is 18.7 Å². The van der Waals surface area contributed by atoms with Crippen LogP contribution >= 0.6 is 11.3 Å². The van der Waals surface area contributed by atoms with Crippen LogP contribution in [-0.2, 0) is 19.6 Å². The zero-order chi connectivity index (χ0) is 16.6. The molecule has 0 aliphatic carbocycles. The normalized spacial score (nSPS) is 13.5. The Labute approximate surface area is 136 Å². The van der Waals surface area contributed by atoms with Gasteiger partial charge in [-0.1, -0.05) is 6.07 Å². The number of thiophene rings is 1. The van der Waals surface area contributed by atoms with Crippen molar-refractivity contribution in [3.05, 3.63) is 51.1 Å². The third kappa shape index (κ3) is 2.67. The average molecular weight is 331 g/mol. The molecule has 1 aromatic carbocycles. The highest BCUT2D eigenvalue weighted by Crippen LogP contribution is 2.34. The van der Waals surface area contributed by atoms with Crippen LogP contribution < -0.4 is 5.73 Å². The maximum absolute atomic E-state index is 13.7. The number of aliphatic hydroxyl groups excluding tert-OH is 1. The fourth-order valence-corrected chi connectivity index (χ4v) is 3.80. The van der Waals surface area contributed by atoms with Gasteiger partial charge in [0.25, 0.3) is 5.91 Å². The highest BCUT2D eigenvalue weighted by Gasteiger charge is 2.27. The minimum Gasteiger partial charge on any atom is -0.392 e. The number of nitrogen functional groups attached to an aromatic ring is 1. The van der Waals surface area contributed by atoms with Gasteiger partial charge in [-0.25, -0.2) is 4.39 Å². The molecule has 1 aromatic heterocycles. The van der Waals surface area contributed by atoms with E-state index in [-0.39, 0.29) is 17.0 Å². The fraction of sp³-hybridized carbons (Fsp3) is 0.250. The van der Waals surface area contributed by atoms with Crippen molar-refractivity contribution in [2.75, 3.05) is 12.3 Å². The highest BCUT2D eigenvalue weighted by atomic mass is 32.1. The average Bonchev–Trinajstić information content (AvgIpc) is 2.88.